The van der Waals surface area contributed by atoms with Crippen molar-refractivity contribution in [2.45, 2.75) is 31.6 Å². The van der Waals surface area contributed by atoms with E-state index in [-0.39, 0.29) is 17.2 Å². The third kappa shape index (κ3) is 3.92. The smallest absolute Gasteiger partial charge is 0.272 e. The van der Waals surface area contributed by atoms with Crippen molar-refractivity contribution in [2.75, 3.05) is 12.9 Å². The molecular formula is C20H21N5O3S2. The van der Waals surface area contributed by atoms with E-state index in [1.165, 1.54) is 23.1 Å². The lowest BCUT2D eigenvalue weighted by molar-refractivity contribution is -0.118. The second-order valence-electron chi connectivity index (χ2n) is 6.62. The van der Waals surface area contributed by atoms with Gasteiger partial charge in [-0.05, 0) is 35.6 Å². The number of carbonyl (C=O) groups is 1. The molecule has 0 spiro atoms. The topological polar surface area (TPSA) is 90.5 Å². The molecule has 0 atom stereocenters. The Labute approximate surface area is 180 Å². The maximum absolute atomic E-state index is 12.7. The zero-order chi connectivity index (χ0) is 21.1. The molecule has 4 aromatic rings. The van der Waals surface area contributed by atoms with Crippen molar-refractivity contribution in [3.63, 3.8) is 0 Å². The average molecular weight is 444 g/mol. The van der Waals surface area contributed by atoms with E-state index in [0.717, 1.165) is 23.3 Å². The highest BCUT2D eigenvalue weighted by Crippen LogP contribution is 2.24. The largest absolute Gasteiger partial charge is 0.497 e. The highest BCUT2D eigenvalue weighted by Gasteiger charge is 2.18. The minimum Gasteiger partial charge on any atom is -0.497 e. The molecule has 10 heteroatoms. The van der Waals surface area contributed by atoms with Gasteiger partial charge in [0.1, 0.15) is 10.4 Å². The van der Waals surface area contributed by atoms with Gasteiger partial charge in [-0.3, -0.25) is 18.6 Å². The number of methoxy groups -OCH3 is 1. The molecule has 0 unspecified atom stereocenters. The minimum absolute atomic E-state index is 0.0458. The molecule has 30 heavy (non-hydrogen) atoms. The zero-order valence-electron chi connectivity index (χ0n) is 16.6. The van der Waals surface area contributed by atoms with Crippen LogP contribution in [0.3, 0.4) is 0 Å². The fourth-order valence-electron chi connectivity index (χ4n) is 3.14. The maximum Gasteiger partial charge on any atom is 0.272 e. The lowest BCUT2D eigenvalue weighted by Crippen LogP contribution is -2.24. The number of ether oxygens (including phenoxy) is 1. The van der Waals surface area contributed by atoms with Gasteiger partial charge in [0.25, 0.3) is 5.56 Å². The summed E-state index contributed by atoms with van der Waals surface area (Å²) in [6, 6.07) is 9.44. The van der Waals surface area contributed by atoms with E-state index in [0.29, 0.717) is 28.7 Å². The van der Waals surface area contributed by atoms with Crippen LogP contribution in [0.1, 0.15) is 18.9 Å². The molecule has 156 valence electrons. The molecule has 0 saturated heterocycles. The van der Waals surface area contributed by atoms with Crippen LogP contribution in [0.2, 0.25) is 0 Å². The van der Waals surface area contributed by atoms with Gasteiger partial charge in [-0.15, -0.1) is 21.5 Å². The Balaban J connectivity index is 1.50. The molecule has 0 bridgehead atoms. The monoisotopic (exact) mass is 443 g/mol. The second-order valence-corrected chi connectivity index (χ2v) is 8.48. The third-order valence-electron chi connectivity index (χ3n) is 4.61. The third-order valence-corrected chi connectivity index (χ3v) is 6.43. The molecule has 1 amide bonds. The first-order chi connectivity index (χ1) is 14.6. The number of carbonyl (C=O) groups excluding carboxylic acids is 1. The molecule has 3 heterocycles. The fourth-order valence-corrected chi connectivity index (χ4v) is 4.74. The van der Waals surface area contributed by atoms with Crippen LogP contribution in [-0.4, -0.2) is 37.9 Å². The normalized spacial score (nSPS) is 11.3. The van der Waals surface area contributed by atoms with E-state index in [4.69, 9.17) is 4.74 Å². The Bertz CT molecular complexity index is 1240. The highest BCUT2D eigenvalue weighted by molar-refractivity contribution is 7.99. The first-order valence-corrected chi connectivity index (χ1v) is 11.4. The summed E-state index contributed by atoms with van der Waals surface area (Å²) < 4.78 is 9.32. The van der Waals surface area contributed by atoms with Crippen molar-refractivity contribution in [1.82, 2.24) is 24.5 Å². The second kappa shape index (κ2) is 8.88. The number of amides is 1. The summed E-state index contributed by atoms with van der Waals surface area (Å²) in [4.78, 5) is 25.1. The van der Waals surface area contributed by atoms with Crippen molar-refractivity contribution < 1.29 is 9.53 Å². The lowest BCUT2D eigenvalue weighted by atomic mass is 10.2. The van der Waals surface area contributed by atoms with Crippen molar-refractivity contribution in [1.29, 1.82) is 0 Å². The Morgan fingerprint density at radius 1 is 1.23 bits per heavy atom. The molecule has 8 nitrogen and oxygen atoms in total. The van der Waals surface area contributed by atoms with Crippen LogP contribution in [0.15, 0.2) is 45.7 Å². The minimum atomic E-state index is -0.101. The molecule has 3 aromatic heterocycles. The summed E-state index contributed by atoms with van der Waals surface area (Å²) in [5, 5.41) is 13.9. The Kier molecular flexibility index (Phi) is 6.05. The van der Waals surface area contributed by atoms with Crippen LogP contribution in [-0.2, 0) is 17.9 Å². The number of fused-ring (bicyclic) bond motifs is 3. The van der Waals surface area contributed by atoms with Crippen LogP contribution in [0.25, 0.3) is 16.0 Å². The van der Waals surface area contributed by atoms with E-state index in [1.807, 2.05) is 47.0 Å². The standard InChI is InChI=1S/C20H21N5O3S2/c1-3-9-24-18(27)17-15(8-10-29-17)25-19(24)22-23-20(25)30-12-16(26)21-11-13-4-6-14(28-2)7-5-13/h4-8,10H,3,9,11-12H2,1-2H3,(H,21,26). The number of thioether (sulfide) groups is 1. The predicted octanol–water partition coefficient (Wildman–Crippen LogP) is 2.93. The summed E-state index contributed by atoms with van der Waals surface area (Å²) in [5.74, 6) is 1.39. The number of hydrogen-bond acceptors (Lipinski definition) is 7. The highest BCUT2D eigenvalue weighted by atomic mass is 32.2. The van der Waals surface area contributed by atoms with Crippen molar-refractivity contribution in [3.05, 3.63) is 51.6 Å². The van der Waals surface area contributed by atoms with Gasteiger partial charge in [0, 0.05) is 13.1 Å². The predicted molar refractivity (Wildman–Crippen MR) is 118 cm³/mol. The van der Waals surface area contributed by atoms with Crippen molar-refractivity contribution in [2.24, 2.45) is 0 Å². The summed E-state index contributed by atoms with van der Waals surface area (Å²) >= 11 is 2.71. The number of thiophene rings is 1. The van der Waals surface area contributed by atoms with E-state index in [1.54, 1.807) is 11.7 Å². The SMILES string of the molecule is CCCn1c(=O)c2sccc2n2c(SCC(=O)NCc3ccc(OC)cc3)nnc12. The van der Waals surface area contributed by atoms with E-state index in [9.17, 15) is 9.59 Å². The lowest BCUT2D eigenvalue weighted by Gasteiger charge is -2.08. The fraction of sp³-hybridized carbons (Fsp3) is 0.300. The van der Waals surface area contributed by atoms with Gasteiger partial charge in [-0.25, -0.2) is 0 Å². The summed E-state index contributed by atoms with van der Waals surface area (Å²) in [6.45, 7) is 3.02. The van der Waals surface area contributed by atoms with Gasteiger partial charge in [0.15, 0.2) is 5.16 Å². The van der Waals surface area contributed by atoms with Gasteiger partial charge >= 0.3 is 0 Å². The number of aryl methyl sites for hydroxylation is 1. The van der Waals surface area contributed by atoms with Crippen LogP contribution in [0.4, 0.5) is 0 Å². The summed E-state index contributed by atoms with van der Waals surface area (Å²) in [6.07, 6.45) is 0.815. The van der Waals surface area contributed by atoms with E-state index in [2.05, 4.69) is 15.5 Å². The molecule has 0 radical (unpaired) electrons. The van der Waals surface area contributed by atoms with Gasteiger partial charge in [-0.1, -0.05) is 30.8 Å². The van der Waals surface area contributed by atoms with Gasteiger partial charge in [0.2, 0.25) is 11.7 Å². The molecular weight excluding hydrogens is 422 g/mol. The van der Waals surface area contributed by atoms with Crippen molar-refractivity contribution in [3.8, 4) is 5.75 Å². The molecule has 1 N–H and O–H groups in total. The van der Waals surface area contributed by atoms with Crippen LogP contribution >= 0.6 is 23.1 Å². The molecule has 1 aromatic carbocycles. The molecule has 0 aliphatic rings. The van der Waals surface area contributed by atoms with E-state index < -0.39 is 0 Å². The Morgan fingerprint density at radius 2 is 2.03 bits per heavy atom. The molecule has 0 saturated carbocycles. The molecule has 0 aliphatic carbocycles. The zero-order valence-corrected chi connectivity index (χ0v) is 18.3. The summed E-state index contributed by atoms with van der Waals surface area (Å²) in [7, 11) is 1.62. The quantitative estimate of drug-likeness (QED) is 0.421. The van der Waals surface area contributed by atoms with Gasteiger partial charge in [0.05, 0.1) is 18.4 Å². The first kappa shape index (κ1) is 20.4. The Morgan fingerprint density at radius 3 is 2.77 bits per heavy atom. The molecule has 4 rings (SSSR count). The number of nitrogens with zero attached hydrogens (tertiary/aromatic N) is 4. The Hall–Kier alpha value is -2.85. The molecule has 0 aliphatic heterocycles. The number of aromatic nitrogens is 4. The first-order valence-electron chi connectivity index (χ1n) is 9.50. The van der Waals surface area contributed by atoms with Crippen LogP contribution < -0.4 is 15.6 Å². The van der Waals surface area contributed by atoms with Crippen LogP contribution in [0, 0.1) is 0 Å². The van der Waals surface area contributed by atoms with Crippen molar-refractivity contribution >= 4 is 45.0 Å². The number of benzene rings is 1. The molecule has 0 fully saturated rings. The number of rotatable bonds is 8. The number of hydrogen-bond donors (Lipinski definition) is 1. The average Bonchev–Trinajstić information content (AvgIpc) is 3.41. The maximum atomic E-state index is 12.7. The van der Waals surface area contributed by atoms with Crippen LogP contribution in [0.5, 0.6) is 5.75 Å². The number of nitrogens with one attached hydrogen (secondary N) is 1. The van der Waals surface area contributed by atoms with Gasteiger partial charge in [-0.2, -0.15) is 0 Å². The van der Waals surface area contributed by atoms with Gasteiger partial charge < -0.3 is 10.1 Å². The van der Waals surface area contributed by atoms with E-state index >= 15 is 0 Å². The summed E-state index contributed by atoms with van der Waals surface area (Å²) in [5.41, 5.74) is 1.72.